The lowest BCUT2D eigenvalue weighted by Gasteiger charge is -2.21. The Morgan fingerprint density at radius 2 is 1.97 bits per heavy atom. The van der Waals surface area contributed by atoms with E-state index < -0.39 is 9.84 Å². The summed E-state index contributed by atoms with van der Waals surface area (Å²) in [4.78, 5) is 12.9. The van der Waals surface area contributed by atoms with Gasteiger partial charge in [0.2, 0.25) is 0 Å². The van der Waals surface area contributed by atoms with Crippen LogP contribution < -0.4 is 4.90 Å². The number of hydrogen-bond acceptors (Lipinski definition) is 7. The van der Waals surface area contributed by atoms with E-state index in [9.17, 15) is 8.42 Å². The van der Waals surface area contributed by atoms with Crippen LogP contribution >= 0.6 is 11.3 Å². The predicted molar refractivity (Wildman–Crippen MR) is 129 cm³/mol. The summed E-state index contributed by atoms with van der Waals surface area (Å²) in [7, 11) is -0.937. The molecule has 0 bridgehead atoms. The van der Waals surface area contributed by atoms with Gasteiger partial charge in [-0.2, -0.15) is 5.10 Å². The molecule has 166 valence electrons. The number of aryl methyl sites for hydroxylation is 1. The summed E-state index contributed by atoms with van der Waals surface area (Å²) in [6.45, 7) is 4.65. The van der Waals surface area contributed by atoms with E-state index in [0.717, 1.165) is 44.4 Å². The Bertz CT molecular complexity index is 1390. The molecule has 0 spiro atoms. The van der Waals surface area contributed by atoms with Gasteiger partial charge in [-0.05, 0) is 43.8 Å². The lowest BCUT2D eigenvalue weighted by atomic mass is 10.1. The Kier molecular flexibility index (Phi) is 5.25. The Balaban J connectivity index is 1.51. The quantitative estimate of drug-likeness (QED) is 0.438. The van der Waals surface area contributed by atoms with Crippen LogP contribution in [0, 0.1) is 13.8 Å². The summed E-state index contributed by atoms with van der Waals surface area (Å²) in [5.74, 6) is 2.00. The van der Waals surface area contributed by atoms with Gasteiger partial charge in [0.15, 0.2) is 15.7 Å². The maximum atomic E-state index is 12.0. The molecule has 3 aromatic heterocycles. The molecule has 5 rings (SSSR count). The van der Waals surface area contributed by atoms with Gasteiger partial charge in [0, 0.05) is 30.2 Å². The molecule has 0 aliphatic carbocycles. The topological polar surface area (TPSA) is 81.0 Å². The highest BCUT2D eigenvalue weighted by molar-refractivity contribution is 7.91. The summed E-state index contributed by atoms with van der Waals surface area (Å²) in [6, 6.07) is 12.0. The minimum atomic E-state index is -2.97. The van der Waals surface area contributed by atoms with Crippen LogP contribution in [0.15, 0.2) is 41.8 Å². The number of nitrogens with zero attached hydrogens (tertiary/aromatic N) is 5. The van der Waals surface area contributed by atoms with E-state index in [2.05, 4.69) is 4.90 Å². The molecule has 7 nitrogen and oxygen atoms in total. The monoisotopic (exact) mass is 467 g/mol. The van der Waals surface area contributed by atoms with Crippen molar-refractivity contribution in [2.24, 2.45) is 0 Å². The number of sulfone groups is 1. The van der Waals surface area contributed by atoms with Crippen LogP contribution in [0.3, 0.4) is 0 Å². The summed E-state index contributed by atoms with van der Waals surface area (Å²) in [6.07, 6.45) is 0.625. The van der Waals surface area contributed by atoms with E-state index in [4.69, 9.17) is 15.1 Å². The Morgan fingerprint density at radius 1 is 1.16 bits per heavy atom. The Hall–Kier alpha value is -2.78. The van der Waals surface area contributed by atoms with Crippen LogP contribution in [0.4, 0.5) is 5.82 Å². The van der Waals surface area contributed by atoms with Gasteiger partial charge in [-0.25, -0.2) is 18.4 Å². The highest BCUT2D eigenvalue weighted by Gasteiger charge is 2.31. The van der Waals surface area contributed by atoms with Gasteiger partial charge in [0.1, 0.15) is 5.82 Å². The number of hydrogen-bond donors (Lipinski definition) is 0. The second kappa shape index (κ2) is 7.97. The number of fused-ring (bicyclic) bond motifs is 1. The Labute approximate surface area is 191 Å². The first-order chi connectivity index (χ1) is 15.3. The number of anilines is 1. The van der Waals surface area contributed by atoms with Gasteiger partial charge in [-0.1, -0.05) is 18.2 Å². The predicted octanol–water partition coefficient (Wildman–Crippen LogP) is 4.17. The molecule has 1 aliphatic heterocycles. The van der Waals surface area contributed by atoms with E-state index >= 15 is 0 Å². The zero-order chi connectivity index (χ0) is 22.5. The molecule has 9 heteroatoms. The fourth-order valence-electron chi connectivity index (χ4n) is 4.43. The zero-order valence-electron chi connectivity index (χ0n) is 18.3. The van der Waals surface area contributed by atoms with Crippen LogP contribution in [-0.4, -0.2) is 46.7 Å². The highest BCUT2D eigenvalue weighted by Crippen LogP contribution is 2.31. The average Bonchev–Trinajstić information content (AvgIpc) is 3.49. The molecule has 1 saturated heterocycles. The molecule has 1 fully saturated rings. The van der Waals surface area contributed by atoms with Crippen LogP contribution in [-0.2, 0) is 16.4 Å². The molecule has 0 amide bonds. The number of rotatable bonds is 5. The zero-order valence-corrected chi connectivity index (χ0v) is 19.9. The van der Waals surface area contributed by atoms with E-state index in [1.165, 1.54) is 0 Å². The summed E-state index contributed by atoms with van der Waals surface area (Å²) < 4.78 is 25.9. The molecule has 0 saturated carbocycles. The van der Waals surface area contributed by atoms with Gasteiger partial charge in [-0.15, -0.1) is 11.3 Å². The Morgan fingerprint density at radius 3 is 2.69 bits per heavy atom. The van der Waals surface area contributed by atoms with Crippen molar-refractivity contribution in [2.45, 2.75) is 32.9 Å². The van der Waals surface area contributed by atoms with Crippen LogP contribution in [0.2, 0.25) is 0 Å². The first-order valence-electron chi connectivity index (χ1n) is 10.6. The van der Waals surface area contributed by atoms with Gasteiger partial charge in [0.25, 0.3) is 0 Å². The molecule has 0 radical (unpaired) electrons. The minimum absolute atomic E-state index is 0.0805. The number of thiophene rings is 1. The van der Waals surface area contributed by atoms with Crippen molar-refractivity contribution < 1.29 is 8.42 Å². The van der Waals surface area contributed by atoms with Gasteiger partial charge >= 0.3 is 0 Å². The molecular weight excluding hydrogens is 442 g/mol. The van der Waals surface area contributed by atoms with Gasteiger partial charge < -0.3 is 4.90 Å². The SMILES string of the molecule is Cc1nn(C2CCS(=O)(=O)C2)c(C)c1CN(C)c1nc(-c2cccs2)nc2ccccc12. The fourth-order valence-corrected chi connectivity index (χ4v) is 6.78. The van der Waals surface area contributed by atoms with Crippen LogP contribution in [0.1, 0.15) is 29.4 Å². The van der Waals surface area contributed by atoms with Gasteiger partial charge in [0.05, 0.1) is 33.6 Å². The second-order valence-corrected chi connectivity index (χ2v) is 11.5. The summed E-state index contributed by atoms with van der Waals surface area (Å²) in [5.41, 5.74) is 3.97. The first-order valence-corrected chi connectivity index (χ1v) is 13.3. The third kappa shape index (κ3) is 3.80. The molecule has 0 N–H and O–H groups in total. The van der Waals surface area contributed by atoms with Crippen molar-refractivity contribution in [3.05, 3.63) is 58.7 Å². The maximum absolute atomic E-state index is 12.0. The van der Waals surface area contributed by atoms with E-state index in [1.54, 1.807) is 11.3 Å². The number of aromatic nitrogens is 4. The molecule has 1 aromatic carbocycles. The van der Waals surface area contributed by atoms with Crippen molar-refractivity contribution in [3.63, 3.8) is 0 Å². The van der Waals surface area contributed by atoms with E-state index in [-0.39, 0.29) is 17.5 Å². The first kappa shape index (κ1) is 21.1. The van der Waals surface area contributed by atoms with Crippen molar-refractivity contribution in [3.8, 4) is 10.7 Å². The molecular formula is C23H25N5O2S2. The van der Waals surface area contributed by atoms with Crippen LogP contribution in [0.5, 0.6) is 0 Å². The van der Waals surface area contributed by atoms with Gasteiger partial charge in [-0.3, -0.25) is 4.68 Å². The summed E-state index contributed by atoms with van der Waals surface area (Å²) >= 11 is 1.63. The minimum Gasteiger partial charge on any atom is -0.355 e. The molecule has 32 heavy (non-hydrogen) atoms. The third-order valence-corrected chi connectivity index (χ3v) is 8.73. The van der Waals surface area contributed by atoms with Crippen molar-refractivity contribution in [2.75, 3.05) is 23.5 Å². The molecule has 1 unspecified atom stereocenters. The molecule has 4 aromatic rings. The summed E-state index contributed by atoms with van der Waals surface area (Å²) in [5, 5.41) is 7.75. The molecule has 4 heterocycles. The highest BCUT2D eigenvalue weighted by atomic mass is 32.2. The molecule has 1 atom stereocenters. The van der Waals surface area contributed by atoms with Crippen molar-refractivity contribution in [1.82, 2.24) is 19.7 Å². The average molecular weight is 468 g/mol. The number of benzene rings is 1. The smallest absolute Gasteiger partial charge is 0.172 e. The fraction of sp³-hybridized carbons (Fsp3) is 0.348. The van der Waals surface area contributed by atoms with Crippen LogP contribution in [0.25, 0.3) is 21.6 Å². The van der Waals surface area contributed by atoms with Crippen molar-refractivity contribution >= 4 is 37.9 Å². The van der Waals surface area contributed by atoms with Crippen molar-refractivity contribution in [1.29, 1.82) is 0 Å². The lowest BCUT2D eigenvalue weighted by Crippen LogP contribution is -2.20. The maximum Gasteiger partial charge on any atom is 0.172 e. The standard InChI is InChI=1S/C23H25N5O2S2/c1-15-19(16(2)28(26-15)17-10-12-32(29,30)14-17)13-27(3)23-18-7-4-5-8-20(18)24-22(25-23)21-9-6-11-31-21/h4-9,11,17H,10,12-14H2,1-3H3. The molecule has 1 aliphatic rings. The number of para-hydroxylation sites is 1. The normalized spacial score (nSPS) is 17.8. The largest absolute Gasteiger partial charge is 0.355 e. The van der Waals surface area contributed by atoms with E-state index in [1.807, 2.05) is 67.4 Å². The van der Waals surface area contributed by atoms with E-state index in [0.29, 0.717) is 13.0 Å². The lowest BCUT2D eigenvalue weighted by molar-refractivity contribution is 0.485. The third-order valence-electron chi connectivity index (χ3n) is 6.11. The second-order valence-electron chi connectivity index (χ2n) is 8.37.